The van der Waals surface area contributed by atoms with Crippen LogP contribution >= 0.6 is 22.9 Å². The first kappa shape index (κ1) is 11.5. The molecular formula is C10H14ClNOS. The molecule has 1 heterocycles. The van der Waals surface area contributed by atoms with Crippen molar-refractivity contribution in [3.05, 3.63) is 22.4 Å². The monoisotopic (exact) mass is 231 g/mol. The van der Waals surface area contributed by atoms with Crippen LogP contribution in [0, 0.1) is 0 Å². The number of carbonyl (C=O) groups is 1. The fourth-order valence-electron chi connectivity index (χ4n) is 1.19. The van der Waals surface area contributed by atoms with Crippen LogP contribution in [0.4, 0.5) is 0 Å². The average Bonchev–Trinajstić information content (AvgIpc) is 2.67. The molecule has 1 rings (SSSR count). The van der Waals surface area contributed by atoms with Gasteiger partial charge in [0.15, 0.2) is 0 Å². The maximum atomic E-state index is 11.6. The minimum Gasteiger partial charge on any atom is -0.337 e. The van der Waals surface area contributed by atoms with Gasteiger partial charge in [-0.3, -0.25) is 4.79 Å². The first-order valence-corrected chi connectivity index (χ1v) is 5.79. The molecule has 14 heavy (non-hydrogen) atoms. The predicted molar refractivity (Wildman–Crippen MR) is 60.8 cm³/mol. The van der Waals surface area contributed by atoms with E-state index in [1.54, 1.807) is 30.2 Å². The molecule has 0 spiro atoms. The average molecular weight is 232 g/mol. The lowest BCUT2D eigenvalue weighted by atomic mass is 10.2. The Hall–Kier alpha value is -0.540. The van der Waals surface area contributed by atoms with Crippen LogP contribution < -0.4 is 0 Å². The molecule has 2 atom stereocenters. The molecule has 0 radical (unpaired) electrons. The topological polar surface area (TPSA) is 20.3 Å². The fraction of sp³-hybridized carbons (Fsp3) is 0.500. The zero-order chi connectivity index (χ0) is 10.7. The Labute approximate surface area is 93.5 Å². The Bertz CT molecular complexity index is 297. The highest BCUT2D eigenvalue weighted by molar-refractivity contribution is 7.10. The van der Waals surface area contributed by atoms with Crippen molar-refractivity contribution in [3.8, 4) is 0 Å². The Morgan fingerprint density at radius 1 is 1.57 bits per heavy atom. The molecule has 2 nitrogen and oxygen atoms in total. The van der Waals surface area contributed by atoms with Gasteiger partial charge in [-0.25, -0.2) is 0 Å². The molecule has 0 aliphatic rings. The first-order chi connectivity index (χ1) is 6.54. The number of halogens is 1. The maximum absolute atomic E-state index is 11.6. The molecule has 0 saturated carbocycles. The number of thiophene rings is 1. The van der Waals surface area contributed by atoms with Crippen LogP contribution in [0.1, 0.15) is 24.8 Å². The van der Waals surface area contributed by atoms with Crippen molar-refractivity contribution in [2.75, 3.05) is 7.05 Å². The summed E-state index contributed by atoms with van der Waals surface area (Å²) in [5, 5.41) is 1.55. The van der Waals surface area contributed by atoms with E-state index in [0.29, 0.717) is 0 Å². The minimum absolute atomic E-state index is 0.0347. The molecule has 0 bridgehead atoms. The molecule has 1 aromatic heterocycles. The summed E-state index contributed by atoms with van der Waals surface area (Å²) in [6.45, 7) is 3.70. The molecule has 1 aromatic rings. The number of hydrogen-bond acceptors (Lipinski definition) is 2. The fourth-order valence-corrected chi connectivity index (χ4v) is 2.17. The summed E-state index contributed by atoms with van der Waals surface area (Å²) in [6.07, 6.45) is 0. The number of rotatable bonds is 3. The van der Waals surface area contributed by atoms with Crippen LogP contribution in [0.5, 0.6) is 0 Å². The lowest BCUT2D eigenvalue weighted by Gasteiger charge is -2.25. The van der Waals surface area contributed by atoms with Gasteiger partial charge >= 0.3 is 0 Å². The third-order valence-electron chi connectivity index (χ3n) is 2.22. The number of amides is 1. The van der Waals surface area contributed by atoms with Crippen molar-refractivity contribution in [2.24, 2.45) is 0 Å². The summed E-state index contributed by atoms with van der Waals surface area (Å²) < 4.78 is 0. The Morgan fingerprint density at radius 2 is 2.21 bits per heavy atom. The zero-order valence-electron chi connectivity index (χ0n) is 8.53. The minimum atomic E-state index is -0.456. The van der Waals surface area contributed by atoms with Gasteiger partial charge in [0.1, 0.15) is 5.38 Å². The smallest absolute Gasteiger partial charge is 0.240 e. The van der Waals surface area contributed by atoms with Gasteiger partial charge in [-0.05, 0) is 25.3 Å². The van der Waals surface area contributed by atoms with Gasteiger partial charge in [0, 0.05) is 11.9 Å². The quantitative estimate of drug-likeness (QED) is 0.733. The van der Waals surface area contributed by atoms with E-state index in [1.807, 2.05) is 24.4 Å². The summed E-state index contributed by atoms with van der Waals surface area (Å²) >= 11 is 7.39. The highest BCUT2D eigenvalue weighted by Gasteiger charge is 2.21. The van der Waals surface area contributed by atoms with E-state index in [4.69, 9.17) is 11.6 Å². The summed E-state index contributed by atoms with van der Waals surface area (Å²) in [5.41, 5.74) is 0. The van der Waals surface area contributed by atoms with Crippen molar-refractivity contribution >= 4 is 28.8 Å². The Balaban J connectivity index is 2.70. The third kappa shape index (κ3) is 2.49. The number of alkyl halides is 1. The van der Waals surface area contributed by atoms with Gasteiger partial charge in [-0.2, -0.15) is 0 Å². The van der Waals surface area contributed by atoms with E-state index < -0.39 is 5.38 Å². The molecule has 78 valence electrons. The summed E-state index contributed by atoms with van der Waals surface area (Å²) in [6, 6.07) is 4.11. The SMILES string of the molecule is CC(Cl)C(=O)N(C)C(C)c1cccs1. The lowest BCUT2D eigenvalue weighted by Crippen LogP contribution is -2.34. The van der Waals surface area contributed by atoms with Gasteiger partial charge in [-0.1, -0.05) is 6.07 Å². The molecule has 1 amide bonds. The summed E-state index contributed by atoms with van der Waals surface area (Å²) in [5.74, 6) is -0.0347. The molecule has 0 fully saturated rings. The van der Waals surface area contributed by atoms with Crippen molar-refractivity contribution in [2.45, 2.75) is 25.3 Å². The second-order valence-corrected chi connectivity index (χ2v) is 4.89. The molecule has 0 aliphatic carbocycles. The van der Waals surface area contributed by atoms with Crippen LogP contribution in [-0.2, 0) is 4.79 Å². The molecule has 0 saturated heterocycles. The largest absolute Gasteiger partial charge is 0.337 e. The highest BCUT2D eigenvalue weighted by Crippen LogP contribution is 2.24. The van der Waals surface area contributed by atoms with E-state index in [9.17, 15) is 4.79 Å². The normalized spacial score (nSPS) is 14.9. The maximum Gasteiger partial charge on any atom is 0.240 e. The van der Waals surface area contributed by atoms with Crippen LogP contribution in [-0.4, -0.2) is 23.2 Å². The van der Waals surface area contributed by atoms with Gasteiger partial charge in [0.05, 0.1) is 6.04 Å². The van der Waals surface area contributed by atoms with Crippen LogP contribution in [0.2, 0.25) is 0 Å². The molecular weight excluding hydrogens is 218 g/mol. The first-order valence-electron chi connectivity index (χ1n) is 4.48. The number of hydrogen-bond donors (Lipinski definition) is 0. The summed E-state index contributed by atoms with van der Waals surface area (Å²) in [7, 11) is 1.78. The van der Waals surface area contributed by atoms with Gasteiger partial charge in [0.2, 0.25) is 5.91 Å². The van der Waals surface area contributed by atoms with Crippen molar-refractivity contribution in [1.82, 2.24) is 4.90 Å². The number of carbonyl (C=O) groups excluding carboxylic acids is 1. The number of nitrogens with zero attached hydrogens (tertiary/aromatic N) is 1. The Morgan fingerprint density at radius 3 is 2.64 bits per heavy atom. The third-order valence-corrected chi connectivity index (χ3v) is 3.45. The lowest BCUT2D eigenvalue weighted by molar-refractivity contribution is -0.131. The second-order valence-electron chi connectivity index (χ2n) is 3.26. The molecule has 2 unspecified atom stereocenters. The van der Waals surface area contributed by atoms with Crippen LogP contribution in [0.15, 0.2) is 17.5 Å². The van der Waals surface area contributed by atoms with Crippen molar-refractivity contribution < 1.29 is 4.79 Å². The van der Waals surface area contributed by atoms with Gasteiger partial charge in [0.25, 0.3) is 0 Å². The van der Waals surface area contributed by atoms with Crippen LogP contribution in [0.25, 0.3) is 0 Å². The van der Waals surface area contributed by atoms with E-state index in [0.717, 1.165) is 0 Å². The molecule has 4 heteroatoms. The van der Waals surface area contributed by atoms with Crippen molar-refractivity contribution in [1.29, 1.82) is 0 Å². The van der Waals surface area contributed by atoms with Crippen LogP contribution in [0.3, 0.4) is 0 Å². The van der Waals surface area contributed by atoms with Crippen molar-refractivity contribution in [3.63, 3.8) is 0 Å². The Kier molecular flexibility index (Phi) is 3.96. The summed E-state index contributed by atoms with van der Waals surface area (Å²) in [4.78, 5) is 14.4. The van der Waals surface area contributed by atoms with E-state index in [-0.39, 0.29) is 11.9 Å². The van der Waals surface area contributed by atoms with Gasteiger partial charge in [-0.15, -0.1) is 22.9 Å². The van der Waals surface area contributed by atoms with Gasteiger partial charge < -0.3 is 4.90 Å². The standard InChI is InChI=1S/C10H14ClNOS/c1-7(11)10(13)12(3)8(2)9-5-4-6-14-9/h4-8H,1-3H3. The van der Waals surface area contributed by atoms with E-state index in [1.165, 1.54) is 4.88 Å². The molecule has 0 N–H and O–H groups in total. The van der Waals surface area contributed by atoms with E-state index >= 15 is 0 Å². The predicted octanol–water partition coefficient (Wildman–Crippen LogP) is 2.89. The van der Waals surface area contributed by atoms with E-state index in [2.05, 4.69) is 0 Å². The molecule has 0 aromatic carbocycles. The second kappa shape index (κ2) is 4.80. The zero-order valence-corrected chi connectivity index (χ0v) is 10.1. The highest BCUT2D eigenvalue weighted by atomic mass is 35.5. The molecule has 0 aliphatic heterocycles.